The van der Waals surface area contributed by atoms with Gasteiger partial charge in [0.15, 0.2) is 0 Å². The minimum atomic E-state index is -0.522. The van der Waals surface area contributed by atoms with Crippen molar-refractivity contribution in [1.29, 1.82) is 0 Å². The summed E-state index contributed by atoms with van der Waals surface area (Å²) in [6.45, 7) is 6.57. The van der Waals surface area contributed by atoms with Gasteiger partial charge in [0.1, 0.15) is 5.92 Å². The van der Waals surface area contributed by atoms with Crippen LogP contribution in [-0.2, 0) is 9.59 Å². The number of anilines is 1. The fourth-order valence-electron chi connectivity index (χ4n) is 3.89. The van der Waals surface area contributed by atoms with E-state index >= 15 is 0 Å². The van der Waals surface area contributed by atoms with Crippen LogP contribution in [0.15, 0.2) is 18.2 Å². The second-order valence-corrected chi connectivity index (χ2v) is 7.11. The molecule has 2 heterocycles. The van der Waals surface area contributed by atoms with Crippen LogP contribution in [0.4, 0.5) is 5.69 Å². The predicted octanol–water partition coefficient (Wildman–Crippen LogP) is 2.29. The van der Waals surface area contributed by atoms with Crippen LogP contribution in [0.2, 0.25) is 0 Å². The van der Waals surface area contributed by atoms with Gasteiger partial charge >= 0.3 is 0 Å². The van der Waals surface area contributed by atoms with Gasteiger partial charge in [-0.1, -0.05) is 6.07 Å². The third-order valence-electron chi connectivity index (χ3n) is 5.23. The van der Waals surface area contributed by atoms with E-state index in [1.54, 1.807) is 4.90 Å². The highest BCUT2D eigenvalue weighted by Gasteiger charge is 2.40. The lowest BCUT2D eigenvalue weighted by molar-refractivity contribution is -0.140. The summed E-state index contributed by atoms with van der Waals surface area (Å²) < 4.78 is 0. The molecule has 0 radical (unpaired) electrons. The highest BCUT2D eigenvalue weighted by molar-refractivity contribution is 6.09. The first-order valence-electron chi connectivity index (χ1n) is 8.84. The second kappa shape index (κ2) is 8.19. The van der Waals surface area contributed by atoms with E-state index in [9.17, 15) is 9.59 Å². The largest absolute Gasteiger partial charge is 0.342 e. The van der Waals surface area contributed by atoms with Gasteiger partial charge in [-0.05, 0) is 69.5 Å². The van der Waals surface area contributed by atoms with Crippen molar-refractivity contribution in [2.45, 2.75) is 39.2 Å². The first-order chi connectivity index (χ1) is 11.5. The quantitative estimate of drug-likeness (QED) is 0.836. The molecule has 138 valence electrons. The van der Waals surface area contributed by atoms with E-state index in [0.29, 0.717) is 13.0 Å². The molecule has 6 heteroatoms. The fourth-order valence-corrected chi connectivity index (χ4v) is 3.89. The molecular formula is C19H28ClN3O2. The number of aryl methyl sites for hydroxylation is 2. The van der Waals surface area contributed by atoms with Gasteiger partial charge in [0.05, 0.1) is 0 Å². The minimum Gasteiger partial charge on any atom is -0.342 e. The fraction of sp³-hybridized carbons (Fsp3) is 0.579. The van der Waals surface area contributed by atoms with Gasteiger partial charge in [0, 0.05) is 25.3 Å². The average Bonchev–Trinajstić information content (AvgIpc) is 2.95. The Bertz CT molecular complexity index is 623. The molecule has 25 heavy (non-hydrogen) atoms. The van der Waals surface area contributed by atoms with Crippen LogP contribution < -0.4 is 10.2 Å². The van der Waals surface area contributed by atoms with Gasteiger partial charge in [0.25, 0.3) is 0 Å². The highest BCUT2D eigenvalue weighted by atomic mass is 35.5. The Morgan fingerprint density at radius 2 is 1.72 bits per heavy atom. The van der Waals surface area contributed by atoms with Crippen molar-refractivity contribution in [3.63, 3.8) is 0 Å². The number of benzene rings is 1. The first-order valence-corrected chi connectivity index (χ1v) is 8.84. The molecule has 0 bridgehead atoms. The molecule has 2 fully saturated rings. The van der Waals surface area contributed by atoms with Crippen LogP contribution in [0.3, 0.4) is 0 Å². The van der Waals surface area contributed by atoms with Crippen LogP contribution in [0.1, 0.15) is 30.4 Å². The summed E-state index contributed by atoms with van der Waals surface area (Å²) >= 11 is 0. The van der Waals surface area contributed by atoms with Crippen LogP contribution in [0, 0.1) is 19.8 Å². The number of carbonyl (C=O) groups is 2. The second-order valence-electron chi connectivity index (χ2n) is 7.11. The Labute approximate surface area is 156 Å². The Balaban J connectivity index is 0.00000225. The number of nitrogens with one attached hydrogen (secondary N) is 1. The lowest BCUT2D eigenvalue weighted by atomic mass is 10.0. The maximum absolute atomic E-state index is 12.8. The van der Waals surface area contributed by atoms with Crippen LogP contribution in [0.5, 0.6) is 0 Å². The van der Waals surface area contributed by atoms with Crippen molar-refractivity contribution in [3.8, 4) is 0 Å². The molecule has 1 atom stereocenters. The van der Waals surface area contributed by atoms with E-state index in [0.717, 1.165) is 42.7 Å². The maximum Gasteiger partial charge on any atom is 0.239 e. The molecular weight excluding hydrogens is 338 g/mol. The van der Waals surface area contributed by atoms with Gasteiger partial charge in [-0.2, -0.15) is 0 Å². The molecule has 0 saturated carbocycles. The van der Waals surface area contributed by atoms with Crippen molar-refractivity contribution >= 4 is 29.9 Å². The van der Waals surface area contributed by atoms with Gasteiger partial charge in [0.2, 0.25) is 11.8 Å². The van der Waals surface area contributed by atoms with E-state index in [2.05, 4.69) is 11.4 Å². The molecule has 0 aliphatic carbocycles. The zero-order valence-electron chi connectivity index (χ0n) is 15.2. The van der Waals surface area contributed by atoms with Gasteiger partial charge < -0.3 is 15.1 Å². The highest BCUT2D eigenvalue weighted by Crippen LogP contribution is 2.28. The molecule has 2 saturated heterocycles. The normalized spacial score (nSPS) is 21.2. The number of hydrogen-bond acceptors (Lipinski definition) is 3. The molecule has 0 spiro atoms. The molecule has 1 unspecified atom stereocenters. The number of carbonyl (C=O) groups excluding carboxylic acids is 2. The Kier molecular flexibility index (Phi) is 6.47. The van der Waals surface area contributed by atoms with E-state index in [4.69, 9.17) is 0 Å². The van der Waals surface area contributed by atoms with Crippen LogP contribution >= 0.6 is 12.4 Å². The monoisotopic (exact) mass is 365 g/mol. The van der Waals surface area contributed by atoms with Crippen molar-refractivity contribution in [1.82, 2.24) is 10.2 Å². The molecule has 2 aliphatic heterocycles. The average molecular weight is 366 g/mol. The summed E-state index contributed by atoms with van der Waals surface area (Å²) in [5, 5.41) is 3.31. The molecule has 1 aromatic rings. The molecule has 5 nitrogen and oxygen atoms in total. The predicted molar refractivity (Wildman–Crippen MR) is 102 cm³/mol. The first kappa shape index (κ1) is 19.7. The van der Waals surface area contributed by atoms with Crippen LogP contribution in [0.25, 0.3) is 0 Å². The zero-order chi connectivity index (χ0) is 17.3. The lowest BCUT2D eigenvalue weighted by Crippen LogP contribution is -2.47. The topological polar surface area (TPSA) is 52.7 Å². The van der Waals surface area contributed by atoms with Crippen molar-refractivity contribution in [2.24, 2.45) is 5.92 Å². The van der Waals surface area contributed by atoms with Crippen molar-refractivity contribution in [3.05, 3.63) is 29.3 Å². The molecule has 2 amide bonds. The van der Waals surface area contributed by atoms with Crippen molar-refractivity contribution in [2.75, 3.05) is 31.6 Å². The number of rotatable bonds is 3. The molecule has 1 N–H and O–H groups in total. The standard InChI is InChI=1S/C19H27N3O2.ClH/c1-13-10-14(2)12-16(11-13)22-9-6-17(19(22)24)18(23)21(3)15-4-7-20-8-5-15;/h10-12,15,17,20H,4-9H2,1-3H3;1H. The van der Waals surface area contributed by atoms with E-state index < -0.39 is 5.92 Å². The minimum absolute atomic E-state index is 0. The SMILES string of the molecule is Cc1cc(C)cc(N2CCC(C(=O)N(C)C3CCNCC3)C2=O)c1.Cl. The summed E-state index contributed by atoms with van der Waals surface area (Å²) in [5.41, 5.74) is 3.19. The number of piperidine rings is 1. The molecule has 0 aromatic heterocycles. The van der Waals surface area contributed by atoms with Gasteiger partial charge in [-0.15, -0.1) is 12.4 Å². The summed E-state index contributed by atoms with van der Waals surface area (Å²) in [7, 11) is 1.85. The summed E-state index contributed by atoms with van der Waals surface area (Å²) in [4.78, 5) is 29.2. The molecule has 2 aliphatic rings. The Hall–Kier alpha value is -1.59. The van der Waals surface area contributed by atoms with Crippen LogP contribution in [-0.4, -0.2) is 49.4 Å². The molecule has 1 aromatic carbocycles. The van der Waals surface area contributed by atoms with Gasteiger partial charge in [-0.25, -0.2) is 0 Å². The Morgan fingerprint density at radius 1 is 1.12 bits per heavy atom. The smallest absolute Gasteiger partial charge is 0.239 e. The Morgan fingerprint density at radius 3 is 2.32 bits per heavy atom. The van der Waals surface area contributed by atoms with E-state index in [1.165, 1.54) is 0 Å². The summed E-state index contributed by atoms with van der Waals surface area (Å²) in [6, 6.07) is 6.39. The maximum atomic E-state index is 12.8. The van der Waals surface area contributed by atoms with Gasteiger partial charge in [-0.3, -0.25) is 9.59 Å². The number of hydrogen-bond donors (Lipinski definition) is 1. The third-order valence-corrected chi connectivity index (χ3v) is 5.23. The lowest BCUT2D eigenvalue weighted by Gasteiger charge is -2.33. The summed E-state index contributed by atoms with van der Waals surface area (Å²) in [6.07, 6.45) is 2.54. The number of amides is 2. The number of nitrogens with zero attached hydrogens (tertiary/aromatic N) is 2. The van der Waals surface area contributed by atoms with E-state index in [1.807, 2.05) is 37.9 Å². The zero-order valence-corrected chi connectivity index (χ0v) is 16.1. The number of halogens is 1. The third kappa shape index (κ3) is 4.15. The van der Waals surface area contributed by atoms with Crippen molar-refractivity contribution < 1.29 is 9.59 Å². The summed E-state index contributed by atoms with van der Waals surface area (Å²) in [5.74, 6) is -0.588. The van der Waals surface area contributed by atoms with E-state index in [-0.39, 0.29) is 30.3 Å². The molecule has 3 rings (SSSR count).